The van der Waals surface area contributed by atoms with Gasteiger partial charge in [0, 0.05) is 0 Å². The zero-order valence-corrected chi connectivity index (χ0v) is 8.04. The lowest BCUT2D eigenvalue weighted by Crippen LogP contribution is -2.31. The number of carboxylic acids is 1. The lowest BCUT2D eigenvalue weighted by Gasteiger charge is -2.37. The molecule has 0 aromatic carbocycles. The molecule has 0 aromatic rings. The Labute approximate surface area is 79.3 Å². The molecule has 2 aliphatic rings. The average Bonchev–Trinajstić information content (AvgIpc) is 2.17. The zero-order chi connectivity index (χ0) is 9.26. The van der Waals surface area contributed by atoms with Crippen LogP contribution in [0.25, 0.3) is 0 Å². The van der Waals surface area contributed by atoms with Gasteiger partial charge in [-0.1, -0.05) is 25.7 Å². The van der Waals surface area contributed by atoms with Crippen LogP contribution in [-0.2, 0) is 4.79 Å². The normalized spacial score (nSPS) is 39.5. The summed E-state index contributed by atoms with van der Waals surface area (Å²) >= 11 is 0. The molecule has 0 spiro atoms. The maximum atomic E-state index is 10.8. The van der Waals surface area contributed by atoms with Crippen molar-refractivity contribution >= 4 is 5.97 Å². The van der Waals surface area contributed by atoms with Crippen LogP contribution in [0.1, 0.15) is 44.9 Å². The van der Waals surface area contributed by atoms with Crippen molar-refractivity contribution in [2.75, 3.05) is 0 Å². The second-order valence-corrected chi connectivity index (χ2v) is 4.65. The summed E-state index contributed by atoms with van der Waals surface area (Å²) in [6.07, 6.45) is 8.40. The predicted molar refractivity (Wildman–Crippen MR) is 50.4 cm³/mol. The highest BCUT2D eigenvalue weighted by atomic mass is 16.4. The van der Waals surface area contributed by atoms with Crippen molar-refractivity contribution in [3.8, 4) is 0 Å². The SMILES string of the molecule is O=C(O)C1CCC2CCCCC2C1. The predicted octanol–water partition coefficient (Wildman–Crippen LogP) is 2.68. The minimum Gasteiger partial charge on any atom is -0.481 e. The molecule has 2 fully saturated rings. The Morgan fingerprint density at radius 3 is 2.38 bits per heavy atom. The molecule has 0 bridgehead atoms. The van der Waals surface area contributed by atoms with Crippen molar-refractivity contribution in [3.63, 3.8) is 0 Å². The topological polar surface area (TPSA) is 37.3 Å². The summed E-state index contributed by atoms with van der Waals surface area (Å²) in [5, 5.41) is 8.93. The van der Waals surface area contributed by atoms with E-state index in [-0.39, 0.29) is 5.92 Å². The molecule has 2 aliphatic carbocycles. The first-order chi connectivity index (χ1) is 6.27. The molecule has 1 N–H and O–H groups in total. The molecule has 2 nitrogen and oxygen atoms in total. The van der Waals surface area contributed by atoms with Gasteiger partial charge in [-0.3, -0.25) is 4.79 Å². The van der Waals surface area contributed by atoms with Crippen molar-refractivity contribution in [1.82, 2.24) is 0 Å². The van der Waals surface area contributed by atoms with Gasteiger partial charge in [0.05, 0.1) is 5.92 Å². The van der Waals surface area contributed by atoms with Gasteiger partial charge in [0.15, 0.2) is 0 Å². The number of hydrogen-bond donors (Lipinski definition) is 1. The Kier molecular flexibility index (Phi) is 2.56. The Morgan fingerprint density at radius 2 is 1.69 bits per heavy atom. The number of aliphatic carboxylic acids is 1. The van der Waals surface area contributed by atoms with Gasteiger partial charge < -0.3 is 5.11 Å². The molecule has 2 rings (SSSR count). The summed E-state index contributed by atoms with van der Waals surface area (Å²) in [7, 11) is 0. The van der Waals surface area contributed by atoms with E-state index in [1.165, 1.54) is 32.1 Å². The van der Waals surface area contributed by atoms with Gasteiger partial charge in [-0.25, -0.2) is 0 Å². The summed E-state index contributed by atoms with van der Waals surface area (Å²) in [4.78, 5) is 10.8. The van der Waals surface area contributed by atoms with Crippen molar-refractivity contribution in [3.05, 3.63) is 0 Å². The summed E-state index contributed by atoms with van der Waals surface area (Å²) in [6, 6.07) is 0. The highest BCUT2D eigenvalue weighted by Crippen LogP contribution is 2.42. The molecular weight excluding hydrogens is 164 g/mol. The van der Waals surface area contributed by atoms with Crippen LogP contribution in [0, 0.1) is 17.8 Å². The number of rotatable bonds is 1. The van der Waals surface area contributed by atoms with E-state index in [1.807, 2.05) is 0 Å². The summed E-state index contributed by atoms with van der Waals surface area (Å²) in [5.41, 5.74) is 0. The fourth-order valence-electron chi connectivity index (χ4n) is 3.10. The van der Waals surface area contributed by atoms with Gasteiger partial charge in [-0.2, -0.15) is 0 Å². The molecule has 13 heavy (non-hydrogen) atoms. The highest BCUT2D eigenvalue weighted by Gasteiger charge is 2.34. The highest BCUT2D eigenvalue weighted by molar-refractivity contribution is 5.70. The molecule has 0 heterocycles. The first-order valence-electron chi connectivity index (χ1n) is 5.50. The van der Waals surface area contributed by atoms with Gasteiger partial charge in [0.2, 0.25) is 0 Å². The van der Waals surface area contributed by atoms with Crippen LogP contribution in [0.4, 0.5) is 0 Å². The van der Waals surface area contributed by atoms with Crippen LogP contribution < -0.4 is 0 Å². The Balaban J connectivity index is 1.95. The zero-order valence-electron chi connectivity index (χ0n) is 8.04. The third-order valence-corrected chi connectivity index (χ3v) is 3.89. The lowest BCUT2D eigenvalue weighted by molar-refractivity contribution is -0.144. The van der Waals surface area contributed by atoms with Crippen LogP contribution in [0.2, 0.25) is 0 Å². The molecule has 0 radical (unpaired) electrons. The molecule has 2 saturated carbocycles. The van der Waals surface area contributed by atoms with Crippen LogP contribution in [-0.4, -0.2) is 11.1 Å². The van der Waals surface area contributed by atoms with Crippen LogP contribution in [0.5, 0.6) is 0 Å². The fourth-order valence-corrected chi connectivity index (χ4v) is 3.10. The molecule has 3 unspecified atom stereocenters. The van der Waals surface area contributed by atoms with Crippen LogP contribution in [0.15, 0.2) is 0 Å². The van der Waals surface area contributed by atoms with Crippen molar-refractivity contribution < 1.29 is 9.90 Å². The summed E-state index contributed by atoms with van der Waals surface area (Å²) in [5.74, 6) is 1.01. The molecule has 0 amide bonds. The summed E-state index contributed by atoms with van der Waals surface area (Å²) < 4.78 is 0. The number of fused-ring (bicyclic) bond motifs is 1. The number of carbonyl (C=O) groups is 1. The van der Waals surface area contributed by atoms with E-state index in [2.05, 4.69) is 0 Å². The third kappa shape index (κ3) is 1.87. The first-order valence-corrected chi connectivity index (χ1v) is 5.50. The third-order valence-electron chi connectivity index (χ3n) is 3.89. The molecule has 2 heteroatoms. The van der Waals surface area contributed by atoms with E-state index < -0.39 is 5.97 Å². The number of carboxylic acid groups (broad SMARTS) is 1. The van der Waals surface area contributed by atoms with Crippen LogP contribution in [0.3, 0.4) is 0 Å². The van der Waals surface area contributed by atoms with Crippen molar-refractivity contribution in [1.29, 1.82) is 0 Å². The minimum absolute atomic E-state index is 0.0284. The van der Waals surface area contributed by atoms with E-state index >= 15 is 0 Å². The minimum atomic E-state index is -0.566. The van der Waals surface area contributed by atoms with E-state index in [9.17, 15) is 4.79 Å². The lowest BCUT2D eigenvalue weighted by atomic mass is 9.67. The Hall–Kier alpha value is -0.530. The van der Waals surface area contributed by atoms with Gasteiger partial charge >= 0.3 is 5.97 Å². The molecule has 0 aliphatic heterocycles. The van der Waals surface area contributed by atoms with E-state index in [0.717, 1.165) is 24.7 Å². The Bertz CT molecular complexity index is 200. The molecule has 0 saturated heterocycles. The van der Waals surface area contributed by atoms with Crippen molar-refractivity contribution in [2.24, 2.45) is 17.8 Å². The standard InChI is InChI=1S/C11H18O2/c12-11(13)10-6-5-8-3-1-2-4-9(8)7-10/h8-10H,1-7H2,(H,12,13). The van der Waals surface area contributed by atoms with Gasteiger partial charge in [-0.15, -0.1) is 0 Å². The maximum Gasteiger partial charge on any atom is 0.306 e. The van der Waals surface area contributed by atoms with Crippen molar-refractivity contribution in [2.45, 2.75) is 44.9 Å². The second-order valence-electron chi connectivity index (χ2n) is 4.65. The first kappa shape index (κ1) is 9.04. The van der Waals surface area contributed by atoms with E-state index in [0.29, 0.717) is 0 Å². The largest absolute Gasteiger partial charge is 0.481 e. The fraction of sp³-hybridized carbons (Fsp3) is 0.909. The van der Waals surface area contributed by atoms with Gasteiger partial charge in [-0.05, 0) is 31.1 Å². The maximum absolute atomic E-state index is 10.8. The monoisotopic (exact) mass is 182 g/mol. The van der Waals surface area contributed by atoms with E-state index in [1.54, 1.807) is 0 Å². The summed E-state index contributed by atoms with van der Waals surface area (Å²) in [6.45, 7) is 0. The van der Waals surface area contributed by atoms with E-state index in [4.69, 9.17) is 5.11 Å². The molecular formula is C11H18O2. The molecule has 0 aromatic heterocycles. The number of hydrogen-bond acceptors (Lipinski definition) is 1. The smallest absolute Gasteiger partial charge is 0.306 e. The average molecular weight is 182 g/mol. The van der Waals surface area contributed by atoms with Gasteiger partial charge in [0.1, 0.15) is 0 Å². The van der Waals surface area contributed by atoms with Gasteiger partial charge in [0.25, 0.3) is 0 Å². The Morgan fingerprint density at radius 1 is 1.00 bits per heavy atom. The molecule has 3 atom stereocenters. The second kappa shape index (κ2) is 3.69. The quantitative estimate of drug-likeness (QED) is 0.677. The molecule has 74 valence electrons. The van der Waals surface area contributed by atoms with Crippen LogP contribution >= 0.6 is 0 Å².